The van der Waals surface area contributed by atoms with E-state index in [1.54, 1.807) is 25.1 Å². The average Bonchev–Trinajstić information content (AvgIpc) is 3.43. The highest BCUT2D eigenvalue weighted by Gasteiger charge is 2.31. The van der Waals surface area contributed by atoms with E-state index < -0.39 is 23.5 Å². The summed E-state index contributed by atoms with van der Waals surface area (Å²) in [5.74, 6) is -0.759. The lowest BCUT2D eigenvalue weighted by Crippen LogP contribution is -2.17. The van der Waals surface area contributed by atoms with Crippen molar-refractivity contribution in [2.24, 2.45) is 0 Å². The summed E-state index contributed by atoms with van der Waals surface area (Å²) in [4.78, 5) is 18.2. The van der Waals surface area contributed by atoms with E-state index in [2.05, 4.69) is 0 Å². The van der Waals surface area contributed by atoms with E-state index in [9.17, 15) is 22.4 Å². The fourth-order valence-electron chi connectivity index (χ4n) is 5.10. The lowest BCUT2D eigenvalue weighted by atomic mass is 9.87. The Balaban J connectivity index is 1.81. The van der Waals surface area contributed by atoms with Gasteiger partial charge in [0.15, 0.2) is 0 Å². The van der Waals surface area contributed by atoms with E-state index in [-0.39, 0.29) is 25.7 Å². The maximum absolute atomic E-state index is 13.9. The molecule has 1 aromatic heterocycles. The molecule has 1 aliphatic rings. The van der Waals surface area contributed by atoms with Crippen LogP contribution in [-0.4, -0.2) is 17.6 Å². The van der Waals surface area contributed by atoms with E-state index in [0.717, 1.165) is 43.5 Å². The number of carbonyl (C=O) groups is 1. The van der Waals surface area contributed by atoms with Gasteiger partial charge in [0.2, 0.25) is 0 Å². The third-order valence-corrected chi connectivity index (χ3v) is 6.86. The first-order valence-electron chi connectivity index (χ1n) is 13.0. The van der Waals surface area contributed by atoms with Crippen molar-refractivity contribution in [3.8, 4) is 11.1 Å². The number of hydrogen-bond donors (Lipinski definition) is 0. The normalized spacial score (nSPS) is 14.2. The van der Waals surface area contributed by atoms with Gasteiger partial charge in [-0.2, -0.15) is 13.2 Å². The largest absolute Gasteiger partial charge is 0.462 e. The second-order valence-electron chi connectivity index (χ2n) is 9.43. The third-order valence-electron chi connectivity index (χ3n) is 6.86. The van der Waals surface area contributed by atoms with E-state index in [1.165, 1.54) is 18.2 Å². The summed E-state index contributed by atoms with van der Waals surface area (Å²) in [6.07, 6.45) is 0.0494. The predicted octanol–water partition coefficient (Wildman–Crippen LogP) is 8.02. The van der Waals surface area contributed by atoms with Gasteiger partial charge in [-0.3, -0.25) is 4.98 Å². The molecule has 0 radical (unpaired) electrons. The molecule has 1 heterocycles. The smallest absolute Gasteiger partial charge is 0.416 e. The molecule has 1 aliphatic carbocycles. The molecule has 0 N–H and O–H groups in total. The van der Waals surface area contributed by atoms with Crippen molar-refractivity contribution in [2.75, 3.05) is 6.61 Å². The molecule has 0 aliphatic heterocycles. The summed E-state index contributed by atoms with van der Waals surface area (Å²) in [6.45, 7) is 3.79. The number of benzene rings is 2. The summed E-state index contributed by atoms with van der Waals surface area (Å²) in [5.41, 5.74) is 3.30. The van der Waals surface area contributed by atoms with Crippen LogP contribution in [0.5, 0.6) is 0 Å². The first-order chi connectivity index (χ1) is 18.2. The number of rotatable bonds is 9. The molecule has 0 saturated heterocycles. The van der Waals surface area contributed by atoms with Crippen molar-refractivity contribution in [3.05, 3.63) is 88.0 Å². The van der Waals surface area contributed by atoms with Crippen molar-refractivity contribution >= 4 is 5.97 Å². The summed E-state index contributed by atoms with van der Waals surface area (Å²) in [6, 6.07) is 10.9. The molecule has 8 heteroatoms. The Morgan fingerprint density at radius 1 is 1.03 bits per heavy atom. The van der Waals surface area contributed by atoms with Gasteiger partial charge >= 0.3 is 12.1 Å². The van der Waals surface area contributed by atoms with Gasteiger partial charge in [0.05, 0.1) is 36.6 Å². The van der Waals surface area contributed by atoms with Crippen molar-refractivity contribution in [2.45, 2.75) is 71.3 Å². The number of carbonyl (C=O) groups excluding carboxylic acids is 1. The van der Waals surface area contributed by atoms with Crippen molar-refractivity contribution in [3.63, 3.8) is 0 Å². The fraction of sp³-hybridized carbons (Fsp3) is 0.400. The minimum absolute atomic E-state index is 0.0260. The van der Waals surface area contributed by atoms with Gasteiger partial charge in [-0.25, -0.2) is 9.18 Å². The SMILES string of the molecule is CCOC(=O)c1c(CC)nc(C2CCCC2)c(COCc2cccc(C(F)(F)F)c2)c1-c1ccc(F)cc1. The molecule has 3 aromatic rings. The third kappa shape index (κ3) is 6.23. The lowest BCUT2D eigenvalue weighted by molar-refractivity contribution is -0.137. The van der Waals surface area contributed by atoms with Crippen molar-refractivity contribution < 1.29 is 31.8 Å². The second-order valence-corrected chi connectivity index (χ2v) is 9.43. The van der Waals surface area contributed by atoms with Crippen molar-refractivity contribution in [1.82, 2.24) is 4.98 Å². The number of hydrogen-bond acceptors (Lipinski definition) is 4. The van der Waals surface area contributed by atoms with Crippen LogP contribution in [0.1, 0.15) is 83.9 Å². The number of pyridine rings is 1. The Morgan fingerprint density at radius 3 is 2.37 bits per heavy atom. The standard InChI is InChI=1S/C30H31F4NO3/c1-3-25-27(29(36)38-4-2)26(20-12-14-23(31)15-13-20)24(28(35-25)21-9-5-6-10-21)18-37-17-19-8-7-11-22(16-19)30(32,33)34/h7-8,11-16,21H,3-6,9-10,17-18H2,1-2H3. The Bertz CT molecular complexity index is 1270. The Kier molecular flexibility index (Phi) is 8.82. The van der Waals surface area contributed by atoms with E-state index in [1.807, 2.05) is 6.92 Å². The summed E-state index contributed by atoms with van der Waals surface area (Å²) in [7, 11) is 0. The summed E-state index contributed by atoms with van der Waals surface area (Å²) < 4.78 is 64.8. The molecule has 202 valence electrons. The van der Waals surface area contributed by atoms with Crippen LogP contribution in [0.3, 0.4) is 0 Å². The zero-order valence-corrected chi connectivity index (χ0v) is 21.5. The Labute approximate surface area is 220 Å². The van der Waals surface area contributed by atoms with Crippen molar-refractivity contribution in [1.29, 1.82) is 0 Å². The molecule has 2 aromatic carbocycles. The first kappa shape index (κ1) is 27.8. The van der Waals surface area contributed by atoms with E-state index >= 15 is 0 Å². The van der Waals surface area contributed by atoms with Crippen LogP contribution in [-0.2, 0) is 35.3 Å². The highest BCUT2D eigenvalue weighted by molar-refractivity contribution is 5.99. The van der Waals surface area contributed by atoms with Crippen LogP contribution < -0.4 is 0 Å². The average molecular weight is 530 g/mol. The van der Waals surface area contributed by atoms with Crippen LogP contribution in [0.4, 0.5) is 17.6 Å². The number of esters is 1. The Morgan fingerprint density at radius 2 is 1.74 bits per heavy atom. The zero-order valence-electron chi connectivity index (χ0n) is 21.5. The second kappa shape index (κ2) is 12.1. The predicted molar refractivity (Wildman–Crippen MR) is 136 cm³/mol. The lowest BCUT2D eigenvalue weighted by Gasteiger charge is -2.23. The number of halogens is 4. The topological polar surface area (TPSA) is 48.4 Å². The summed E-state index contributed by atoms with van der Waals surface area (Å²) in [5, 5.41) is 0. The number of ether oxygens (including phenoxy) is 2. The molecular formula is C30H31F4NO3. The highest BCUT2D eigenvalue weighted by atomic mass is 19.4. The van der Waals surface area contributed by atoms with Crippen LogP contribution in [0.2, 0.25) is 0 Å². The maximum atomic E-state index is 13.9. The Hall–Kier alpha value is -3.26. The molecule has 0 unspecified atom stereocenters. The minimum Gasteiger partial charge on any atom is -0.462 e. The monoisotopic (exact) mass is 529 g/mol. The van der Waals surface area contributed by atoms with Crippen LogP contribution in [0.25, 0.3) is 11.1 Å². The number of aromatic nitrogens is 1. The van der Waals surface area contributed by atoms with Gasteiger partial charge in [-0.15, -0.1) is 0 Å². The maximum Gasteiger partial charge on any atom is 0.416 e. The molecule has 4 rings (SSSR count). The number of alkyl halides is 3. The minimum atomic E-state index is -4.45. The molecule has 4 nitrogen and oxygen atoms in total. The molecule has 38 heavy (non-hydrogen) atoms. The van der Waals surface area contributed by atoms with Gasteiger partial charge in [0.1, 0.15) is 5.82 Å². The van der Waals surface area contributed by atoms with E-state index in [0.29, 0.717) is 39.9 Å². The van der Waals surface area contributed by atoms with Gasteiger partial charge < -0.3 is 9.47 Å². The fourth-order valence-corrected chi connectivity index (χ4v) is 5.10. The number of aryl methyl sites for hydroxylation is 1. The first-order valence-corrected chi connectivity index (χ1v) is 13.0. The van der Waals surface area contributed by atoms with E-state index in [4.69, 9.17) is 14.5 Å². The molecule has 0 bridgehead atoms. The quantitative estimate of drug-likeness (QED) is 0.208. The van der Waals surface area contributed by atoms with Gasteiger partial charge in [-0.1, -0.05) is 44.0 Å². The summed E-state index contributed by atoms with van der Waals surface area (Å²) >= 11 is 0. The van der Waals surface area contributed by atoms with Gasteiger partial charge in [0.25, 0.3) is 0 Å². The molecular weight excluding hydrogens is 498 g/mol. The molecule has 1 saturated carbocycles. The van der Waals surface area contributed by atoms with Crippen LogP contribution >= 0.6 is 0 Å². The van der Waals surface area contributed by atoms with Gasteiger partial charge in [-0.05, 0) is 61.6 Å². The van der Waals surface area contributed by atoms with Crippen LogP contribution in [0, 0.1) is 5.82 Å². The molecule has 0 atom stereocenters. The molecule has 1 fully saturated rings. The molecule has 0 spiro atoms. The molecule has 0 amide bonds. The van der Waals surface area contributed by atoms with Gasteiger partial charge in [0, 0.05) is 22.7 Å². The van der Waals surface area contributed by atoms with Crippen LogP contribution in [0.15, 0.2) is 48.5 Å². The number of nitrogens with zero attached hydrogens (tertiary/aromatic N) is 1. The highest BCUT2D eigenvalue weighted by Crippen LogP contribution is 2.41. The zero-order chi connectivity index (χ0) is 27.3.